The molecule has 7 nitrogen and oxygen atoms in total. The van der Waals surface area contributed by atoms with Crippen LogP contribution in [0.2, 0.25) is 0 Å². The normalized spacial score (nSPS) is 13.8. The van der Waals surface area contributed by atoms with E-state index in [1.807, 2.05) is 68.4 Å². The monoisotopic (exact) mass is 383 g/mol. The van der Waals surface area contributed by atoms with Crippen molar-refractivity contribution in [1.29, 1.82) is 0 Å². The summed E-state index contributed by atoms with van der Waals surface area (Å²) in [6, 6.07) is 13.3. The second kappa shape index (κ2) is 9.12. The zero-order chi connectivity index (χ0) is 19.9. The van der Waals surface area contributed by atoms with Gasteiger partial charge in [0.05, 0.1) is 12.3 Å². The van der Waals surface area contributed by atoms with E-state index in [4.69, 9.17) is 14.3 Å². The Hall–Kier alpha value is -3.22. The fourth-order valence-corrected chi connectivity index (χ4v) is 2.75. The van der Waals surface area contributed by atoms with Gasteiger partial charge in [0.2, 0.25) is 0 Å². The van der Waals surface area contributed by atoms with Crippen LogP contribution in [0.4, 0.5) is 5.69 Å². The average molecular weight is 383 g/mol. The summed E-state index contributed by atoms with van der Waals surface area (Å²) >= 11 is 0. The molecule has 2 aromatic carbocycles. The zero-order valence-corrected chi connectivity index (χ0v) is 16.3. The van der Waals surface area contributed by atoms with Crippen LogP contribution < -0.4 is 19.7 Å². The summed E-state index contributed by atoms with van der Waals surface area (Å²) in [5.41, 5.74) is 2.93. The van der Waals surface area contributed by atoms with Crippen LogP contribution in [-0.2, 0) is 9.63 Å². The van der Waals surface area contributed by atoms with Gasteiger partial charge in [0.25, 0.3) is 5.91 Å². The number of carbonyl (C=O) groups is 1. The molecule has 0 fully saturated rings. The standard InChI is InChI=1S/C21H25N3O4/c1-15(17-6-9-19-20(12-17)27-11-10-26-19)23-21(25)14-28-22-13-16-4-7-18(8-5-16)24(2)3/h4-9,12-13,15H,10-11,14H2,1-3H3,(H,23,25)/b22-13+. The molecule has 1 aliphatic heterocycles. The van der Waals surface area contributed by atoms with E-state index in [1.54, 1.807) is 6.21 Å². The van der Waals surface area contributed by atoms with Crippen LogP contribution in [-0.4, -0.2) is 46.0 Å². The van der Waals surface area contributed by atoms with Gasteiger partial charge in [-0.25, -0.2) is 0 Å². The minimum absolute atomic E-state index is 0.152. The smallest absolute Gasteiger partial charge is 0.261 e. The third kappa shape index (κ3) is 5.16. The van der Waals surface area contributed by atoms with Crippen LogP contribution >= 0.6 is 0 Å². The second-order valence-corrected chi connectivity index (χ2v) is 6.69. The summed E-state index contributed by atoms with van der Waals surface area (Å²) in [6.07, 6.45) is 1.58. The Labute approximate surface area is 164 Å². The molecule has 1 amide bonds. The number of carbonyl (C=O) groups excluding carboxylic acids is 1. The number of nitrogens with zero attached hydrogens (tertiary/aromatic N) is 2. The lowest BCUT2D eigenvalue weighted by atomic mass is 10.1. The first-order valence-electron chi connectivity index (χ1n) is 9.14. The Morgan fingerprint density at radius 2 is 1.89 bits per heavy atom. The van der Waals surface area contributed by atoms with Crippen molar-refractivity contribution in [3.63, 3.8) is 0 Å². The van der Waals surface area contributed by atoms with Crippen molar-refractivity contribution in [1.82, 2.24) is 5.32 Å². The number of fused-ring (bicyclic) bond motifs is 1. The number of rotatable bonds is 7. The van der Waals surface area contributed by atoms with Crippen LogP contribution in [0.15, 0.2) is 47.6 Å². The minimum Gasteiger partial charge on any atom is -0.486 e. The SMILES string of the molecule is CC(NC(=O)CO/N=C/c1ccc(N(C)C)cc1)c1ccc2c(c1)OCCO2. The molecule has 0 spiro atoms. The van der Waals surface area contributed by atoms with Crippen LogP contribution in [0.5, 0.6) is 11.5 Å². The number of anilines is 1. The lowest BCUT2D eigenvalue weighted by Gasteiger charge is -2.21. The number of hydrogen-bond acceptors (Lipinski definition) is 6. The molecule has 148 valence electrons. The van der Waals surface area contributed by atoms with Gasteiger partial charge in [-0.3, -0.25) is 4.79 Å². The first kappa shape index (κ1) is 19.5. The van der Waals surface area contributed by atoms with Gasteiger partial charge in [0, 0.05) is 19.8 Å². The molecular formula is C21H25N3O4. The zero-order valence-electron chi connectivity index (χ0n) is 16.3. The summed E-state index contributed by atoms with van der Waals surface area (Å²) in [6.45, 7) is 2.83. The highest BCUT2D eigenvalue weighted by Gasteiger charge is 2.15. The predicted molar refractivity (Wildman–Crippen MR) is 108 cm³/mol. The molecule has 0 bridgehead atoms. The summed E-state index contributed by atoms with van der Waals surface area (Å²) in [4.78, 5) is 19.2. The van der Waals surface area contributed by atoms with Crippen molar-refractivity contribution in [2.75, 3.05) is 38.8 Å². The first-order valence-corrected chi connectivity index (χ1v) is 9.14. The molecular weight excluding hydrogens is 358 g/mol. The molecule has 2 aromatic rings. The van der Waals surface area contributed by atoms with Crippen molar-refractivity contribution in [2.24, 2.45) is 5.16 Å². The van der Waals surface area contributed by atoms with E-state index < -0.39 is 0 Å². The fourth-order valence-electron chi connectivity index (χ4n) is 2.75. The van der Waals surface area contributed by atoms with Gasteiger partial charge >= 0.3 is 0 Å². The van der Waals surface area contributed by atoms with Crippen molar-refractivity contribution < 1.29 is 19.1 Å². The Morgan fingerprint density at radius 1 is 1.18 bits per heavy atom. The first-order chi connectivity index (χ1) is 13.5. The highest BCUT2D eigenvalue weighted by Crippen LogP contribution is 2.32. The van der Waals surface area contributed by atoms with E-state index in [0.717, 1.165) is 22.6 Å². The van der Waals surface area contributed by atoms with Crippen molar-refractivity contribution in [2.45, 2.75) is 13.0 Å². The third-order valence-corrected chi connectivity index (χ3v) is 4.33. The fraction of sp³-hybridized carbons (Fsp3) is 0.333. The van der Waals surface area contributed by atoms with Crippen LogP contribution in [0.3, 0.4) is 0 Å². The maximum Gasteiger partial charge on any atom is 0.261 e. The van der Waals surface area contributed by atoms with Crippen molar-refractivity contribution >= 4 is 17.8 Å². The van der Waals surface area contributed by atoms with Crippen molar-refractivity contribution in [3.8, 4) is 11.5 Å². The van der Waals surface area contributed by atoms with Gasteiger partial charge in [-0.05, 0) is 42.3 Å². The van der Waals surface area contributed by atoms with Gasteiger partial charge in [-0.2, -0.15) is 0 Å². The van der Waals surface area contributed by atoms with Crippen LogP contribution in [0.25, 0.3) is 0 Å². The van der Waals surface area contributed by atoms with Gasteiger partial charge in [-0.1, -0.05) is 23.4 Å². The van der Waals surface area contributed by atoms with Gasteiger partial charge in [0.15, 0.2) is 18.1 Å². The van der Waals surface area contributed by atoms with Crippen LogP contribution in [0.1, 0.15) is 24.1 Å². The molecule has 3 rings (SSSR count). The molecule has 0 aromatic heterocycles. The maximum atomic E-state index is 12.1. The predicted octanol–water partition coefficient (Wildman–Crippen LogP) is 2.75. The van der Waals surface area contributed by atoms with E-state index in [2.05, 4.69) is 10.5 Å². The second-order valence-electron chi connectivity index (χ2n) is 6.69. The summed E-state index contributed by atoms with van der Waals surface area (Å²) in [5.74, 6) is 1.18. The quantitative estimate of drug-likeness (QED) is 0.588. The summed E-state index contributed by atoms with van der Waals surface area (Å²) < 4.78 is 11.1. The summed E-state index contributed by atoms with van der Waals surface area (Å²) in [7, 11) is 3.97. The third-order valence-electron chi connectivity index (χ3n) is 4.33. The number of oxime groups is 1. The average Bonchev–Trinajstić information content (AvgIpc) is 2.71. The molecule has 28 heavy (non-hydrogen) atoms. The molecule has 1 aliphatic rings. The van der Waals surface area contributed by atoms with Crippen molar-refractivity contribution in [3.05, 3.63) is 53.6 Å². The molecule has 7 heteroatoms. The molecule has 1 N–H and O–H groups in total. The molecule has 0 radical (unpaired) electrons. The molecule has 0 saturated heterocycles. The van der Waals surface area contributed by atoms with E-state index >= 15 is 0 Å². The minimum atomic E-state index is -0.248. The number of nitrogens with one attached hydrogen (secondary N) is 1. The number of ether oxygens (including phenoxy) is 2. The lowest BCUT2D eigenvalue weighted by molar-refractivity contribution is -0.126. The number of amides is 1. The highest BCUT2D eigenvalue weighted by atomic mass is 16.6. The van der Waals surface area contributed by atoms with Gasteiger partial charge in [-0.15, -0.1) is 0 Å². The Morgan fingerprint density at radius 3 is 2.61 bits per heavy atom. The molecule has 0 saturated carbocycles. The molecule has 1 unspecified atom stereocenters. The Kier molecular flexibility index (Phi) is 6.37. The van der Waals surface area contributed by atoms with E-state index in [0.29, 0.717) is 19.0 Å². The number of hydrogen-bond donors (Lipinski definition) is 1. The Balaban J connectivity index is 1.46. The summed E-state index contributed by atoms with van der Waals surface area (Å²) in [5, 5.41) is 6.74. The van der Waals surface area contributed by atoms with Gasteiger partial charge in [0.1, 0.15) is 13.2 Å². The topological polar surface area (TPSA) is 72.4 Å². The lowest BCUT2D eigenvalue weighted by Crippen LogP contribution is -2.29. The largest absolute Gasteiger partial charge is 0.486 e. The molecule has 1 atom stereocenters. The van der Waals surface area contributed by atoms with Crippen LogP contribution in [0, 0.1) is 0 Å². The van der Waals surface area contributed by atoms with E-state index in [-0.39, 0.29) is 18.6 Å². The van der Waals surface area contributed by atoms with E-state index in [9.17, 15) is 4.79 Å². The Bertz CT molecular complexity index is 834. The number of benzene rings is 2. The van der Waals surface area contributed by atoms with Gasteiger partial charge < -0.3 is 24.5 Å². The highest BCUT2D eigenvalue weighted by molar-refractivity contribution is 5.80. The maximum absolute atomic E-state index is 12.1. The van der Waals surface area contributed by atoms with E-state index in [1.165, 1.54) is 0 Å². The molecule has 1 heterocycles. The molecule has 0 aliphatic carbocycles.